The number of carbonyl (C=O) groups is 2. The largest absolute Gasteiger partial charge is 0.360 e. The first kappa shape index (κ1) is 8.46. The number of nitrogens with two attached hydrogens (primary N) is 2. The average Bonchev–Trinajstić information content (AvgIpc) is 1.84. The Kier molecular flexibility index (Phi) is 2.41. The lowest BCUT2D eigenvalue weighted by molar-refractivity contribution is -0.294. The molecule has 6 N–H and O–H groups in total. The van der Waals surface area contributed by atoms with E-state index < -0.39 is 22.4 Å². The number of rotatable bonds is 0. The maximum atomic E-state index is 9.93. The summed E-state index contributed by atoms with van der Waals surface area (Å²) in [6.45, 7) is 0. The Labute approximate surface area is 55.1 Å². The summed E-state index contributed by atoms with van der Waals surface area (Å²) in [6.07, 6.45) is 0. The molecule has 10 heavy (non-hydrogen) atoms. The summed E-state index contributed by atoms with van der Waals surface area (Å²) in [4.78, 5) is 19.9. The molecule has 0 aromatic heterocycles. The van der Waals surface area contributed by atoms with Crippen LogP contribution < -0.4 is 11.5 Å². The number of urea groups is 2. The topological polar surface area (TPSA) is 133 Å². The number of hydrogen-bond acceptors (Lipinski definition) is 4. The van der Waals surface area contributed by atoms with Crippen molar-refractivity contribution in [3.05, 3.63) is 0 Å². The van der Waals surface area contributed by atoms with Crippen LogP contribution in [0.15, 0.2) is 0 Å². The number of hydroxylamine groups is 2. The normalized spacial score (nSPS) is 8.60. The zero-order valence-electron chi connectivity index (χ0n) is 4.76. The summed E-state index contributed by atoms with van der Waals surface area (Å²) in [7, 11) is 0. The molecule has 0 radical (unpaired) electrons. The minimum Gasteiger partial charge on any atom is -0.348 e. The maximum absolute atomic E-state index is 9.93. The molecule has 0 aliphatic carbocycles. The highest BCUT2D eigenvalue weighted by Crippen LogP contribution is 1.86. The van der Waals surface area contributed by atoms with Gasteiger partial charge in [-0.15, -0.1) is 0 Å². The van der Waals surface area contributed by atoms with Gasteiger partial charge in [-0.2, -0.15) is 0 Å². The number of hydrogen-bond donors (Lipinski definition) is 4. The van der Waals surface area contributed by atoms with Gasteiger partial charge in [-0.1, -0.05) is 10.3 Å². The van der Waals surface area contributed by atoms with Crippen LogP contribution in [0.3, 0.4) is 0 Å². The molecule has 0 aliphatic rings. The molecule has 0 aliphatic heterocycles. The van der Waals surface area contributed by atoms with Gasteiger partial charge in [0.2, 0.25) is 0 Å². The molecule has 4 amide bonds. The summed E-state index contributed by atoms with van der Waals surface area (Å²) in [5.41, 5.74) is 8.80. The standard InChI is InChI=1S/C2H6N4O4/c3-1(7)5(9)6(10)2(4)8/h9-10H,(H2,3,7)(H2,4,8). The van der Waals surface area contributed by atoms with Crippen molar-refractivity contribution < 1.29 is 20.0 Å². The molecule has 0 saturated carbocycles. The van der Waals surface area contributed by atoms with E-state index >= 15 is 0 Å². The van der Waals surface area contributed by atoms with Gasteiger partial charge in [0.05, 0.1) is 0 Å². The van der Waals surface area contributed by atoms with Crippen LogP contribution in [0.1, 0.15) is 0 Å². The third-order valence-corrected chi connectivity index (χ3v) is 0.574. The highest BCUT2D eigenvalue weighted by molar-refractivity contribution is 5.76. The molecule has 0 aromatic carbocycles. The molecule has 0 spiro atoms. The van der Waals surface area contributed by atoms with Crippen LogP contribution in [0.5, 0.6) is 0 Å². The van der Waals surface area contributed by atoms with Crippen LogP contribution in [0.2, 0.25) is 0 Å². The molecular weight excluding hydrogens is 144 g/mol. The molecule has 0 atom stereocenters. The Hall–Kier alpha value is -1.54. The van der Waals surface area contributed by atoms with Crippen molar-refractivity contribution in [2.24, 2.45) is 11.5 Å². The van der Waals surface area contributed by atoms with Crippen LogP contribution in [0.25, 0.3) is 0 Å². The quantitative estimate of drug-likeness (QED) is 0.245. The van der Waals surface area contributed by atoms with E-state index in [2.05, 4.69) is 11.5 Å². The van der Waals surface area contributed by atoms with E-state index in [4.69, 9.17) is 10.4 Å². The van der Waals surface area contributed by atoms with Gasteiger partial charge in [-0.05, 0) is 0 Å². The third kappa shape index (κ3) is 1.76. The molecule has 0 unspecified atom stereocenters. The van der Waals surface area contributed by atoms with E-state index in [9.17, 15) is 9.59 Å². The SMILES string of the molecule is NC(=O)N(O)N(O)C(N)=O. The van der Waals surface area contributed by atoms with Crippen molar-refractivity contribution in [3.8, 4) is 0 Å². The summed E-state index contributed by atoms with van der Waals surface area (Å²) >= 11 is 0. The zero-order chi connectivity index (χ0) is 8.31. The van der Waals surface area contributed by atoms with Crippen molar-refractivity contribution in [1.82, 2.24) is 10.3 Å². The molecule has 58 valence electrons. The average molecular weight is 150 g/mol. The minimum absolute atomic E-state index is 0.539. The zero-order valence-corrected chi connectivity index (χ0v) is 4.76. The summed E-state index contributed by atoms with van der Waals surface area (Å²) in [6, 6.07) is -2.86. The summed E-state index contributed by atoms with van der Waals surface area (Å²) in [5.74, 6) is 0. The number of nitrogens with zero attached hydrogens (tertiary/aromatic N) is 2. The summed E-state index contributed by atoms with van der Waals surface area (Å²) < 4.78 is 0. The second-order valence-electron chi connectivity index (χ2n) is 1.26. The second kappa shape index (κ2) is 2.85. The van der Waals surface area contributed by atoms with Crippen molar-refractivity contribution >= 4 is 12.1 Å². The lowest BCUT2D eigenvalue weighted by Crippen LogP contribution is -2.50. The van der Waals surface area contributed by atoms with E-state index in [1.165, 1.54) is 0 Å². The third-order valence-electron chi connectivity index (χ3n) is 0.574. The first-order valence-corrected chi connectivity index (χ1v) is 2.03. The van der Waals surface area contributed by atoms with Crippen molar-refractivity contribution in [3.63, 3.8) is 0 Å². The molecule has 8 heteroatoms. The first-order chi connectivity index (χ1) is 4.46. The fourth-order valence-corrected chi connectivity index (χ4v) is 0.187. The maximum Gasteiger partial charge on any atom is 0.360 e. The number of primary amides is 2. The predicted octanol–water partition coefficient (Wildman–Crippen LogP) is -1.56. The smallest absolute Gasteiger partial charge is 0.348 e. The van der Waals surface area contributed by atoms with E-state index in [1.807, 2.05) is 0 Å². The lowest BCUT2D eigenvalue weighted by atomic mass is 11.0. The van der Waals surface area contributed by atoms with Crippen molar-refractivity contribution in [2.75, 3.05) is 0 Å². The molecule has 0 aromatic rings. The number of hydrazine groups is 1. The van der Waals surface area contributed by atoms with Crippen LogP contribution in [-0.4, -0.2) is 32.8 Å². The molecule has 0 bridgehead atoms. The van der Waals surface area contributed by atoms with E-state index in [0.29, 0.717) is 0 Å². The van der Waals surface area contributed by atoms with Gasteiger partial charge in [-0.25, -0.2) is 9.59 Å². The highest BCUT2D eigenvalue weighted by Gasteiger charge is 2.17. The number of amides is 4. The second-order valence-corrected chi connectivity index (χ2v) is 1.26. The molecule has 8 nitrogen and oxygen atoms in total. The van der Waals surface area contributed by atoms with Gasteiger partial charge in [-0.3, -0.25) is 10.4 Å². The van der Waals surface area contributed by atoms with E-state index in [-0.39, 0.29) is 0 Å². The van der Waals surface area contributed by atoms with Crippen LogP contribution >= 0.6 is 0 Å². The first-order valence-electron chi connectivity index (χ1n) is 2.03. The Morgan fingerprint density at radius 1 is 1.00 bits per heavy atom. The van der Waals surface area contributed by atoms with Crippen LogP contribution in [0.4, 0.5) is 9.59 Å². The Balaban J connectivity index is 4.07. The Morgan fingerprint density at radius 3 is 1.30 bits per heavy atom. The predicted molar refractivity (Wildman–Crippen MR) is 26.4 cm³/mol. The lowest BCUT2D eigenvalue weighted by Gasteiger charge is -2.18. The minimum atomic E-state index is -1.43. The monoisotopic (exact) mass is 150 g/mol. The van der Waals surface area contributed by atoms with Gasteiger partial charge in [0.25, 0.3) is 0 Å². The molecule has 0 heterocycles. The van der Waals surface area contributed by atoms with E-state index in [0.717, 1.165) is 0 Å². The van der Waals surface area contributed by atoms with Crippen molar-refractivity contribution in [2.45, 2.75) is 0 Å². The van der Waals surface area contributed by atoms with Crippen LogP contribution in [-0.2, 0) is 0 Å². The van der Waals surface area contributed by atoms with Gasteiger partial charge >= 0.3 is 12.1 Å². The molecular formula is C2H6N4O4. The van der Waals surface area contributed by atoms with Gasteiger partial charge in [0, 0.05) is 0 Å². The fraction of sp³-hybridized carbons (Fsp3) is 0. The Bertz CT molecular complexity index is 139. The molecule has 0 saturated heterocycles. The van der Waals surface area contributed by atoms with Gasteiger partial charge < -0.3 is 11.5 Å². The van der Waals surface area contributed by atoms with Crippen LogP contribution in [0, 0.1) is 0 Å². The number of carbonyl (C=O) groups excluding carboxylic acids is 2. The van der Waals surface area contributed by atoms with Gasteiger partial charge in [0.1, 0.15) is 0 Å². The fourth-order valence-electron chi connectivity index (χ4n) is 0.187. The summed E-state index contributed by atoms with van der Waals surface area (Å²) in [5, 5.41) is 15.5. The molecule has 0 fully saturated rings. The molecule has 0 rings (SSSR count). The highest BCUT2D eigenvalue weighted by atomic mass is 16.7. The van der Waals surface area contributed by atoms with Crippen molar-refractivity contribution in [1.29, 1.82) is 0 Å². The van der Waals surface area contributed by atoms with E-state index in [1.54, 1.807) is 0 Å². The van der Waals surface area contributed by atoms with Gasteiger partial charge in [0.15, 0.2) is 0 Å². The Morgan fingerprint density at radius 2 is 1.20 bits per heavy atom.